The van der Waals surface area contributed by atoms with Crippen LogP contribution in [-0.2, 0) is 19.1 Å². The maximum atomic E-state index is 11.8. The van der Waals surface area contributed by atoms with Crippen LogP contribution in [0.3, 0.4) is 0 Å². The van der Waals surface area contributed by atoms with Crippen LogP contribution in [0.15, 0.2) is 0 Å². The van der Waals surface area contributed by atoms with Crippen molar-refractivity contribution >= 4 is 11.9 Å². The average molecular weight is 267 g/mol. The second-order valence-corrected chi connectivity index (χ2v) is 3.73. The smallest absolute Gasteiger partial charge is 0.328 e. The molecule has 0 aromatic heterocycles. The van der Waals surface area contributed by atoms with Crippen molar-refractivity contribution in [2.45, 2.75) is 18.9 Å². The number of aliphatic carboxylic acids is 1. The van der Waals surface area contributed by atoms with Crippen LogP contribution in [0.5, 0.6) is 0 Å². The number of ether oxygens (including phenoxy) is 2. The monoisotopic (exact) mass is 267 g/mol. The molecule has 6 nitrogen and oxygen atoms in total. The van der Waals surface area contributed by atoms with Crippen LogP contribution in [0.25, 0.3) is 0 Å². The first-order valence-corrected chi connectivity index (χ1v) is 5.48. The van der Waals surface area contributed by atoms with E-state index < -0.39 is 31.0 Å². The highest BCUT2D eigenvalue weighted by atomic mass is 19.3. The molecule has 18 heavy (non-hydrogen) atoms. The zero-order valence-electron chi connectivity index (χ0n) is 9.68. The van der Waals surface area contributed by atoms with Gasteiger partial charge in [-0.15, -0.1) is 0 Å². The molecular weight excluding hydrogens is 252 g/mol. The fourth-order valence-corrected chi connectivity index (χ4v) is 1.58. The predicted octanol–water partition coefficient (Wildman–Crippen LogP) is -0.0298. The molecule has 1 unspecified atom stereocenters. The lowest BCUT2D eigenvalue weighted by Crippen LogP contribution is -2.52. The van der Waals surface area contributed by atoms with E-state index in [9.17, 15) is 18.4 Å². The topological polar surface area (TPSA) is 76.1 Å². The van der Waals surface area contributed by atoms with Crippen LogP contribution < -0.4 is 0 Å². The van der Waals surface area contributed by atoms with Crippen LogP contribution >= 0.6 is 0 Å². The number of carboxylic acid groups (broad SMARTS) is 1. The molecule has 1 aliphatic heterocycles. The molecule has 1 atom stereocenters. The molecule has 0 aromatic carbocycles. The Balaban J connectivity index is 2.36. The highest BCUT2D eigenvalue weighted by molar-refractivity contribution is 5.84. The SMILES string of the molecule is O=C(O)C1COCCN1C(=O)CCOCC(F)F. The van der Waals surface area contributed by atoms with Crippen molar-refractivity contribution in [2.75, 3.05) is 33.0 Å². The number of carbonyl (C=O) groups is 2. The van der Waals surface area contributed by atoms with E-state index in [2.05, 4.69) is 4.74 Å². The van der Waals surface area contributed by atoms with Gasteiger partial charge in [-0.25, -0.2) is 13.6 Å². The maximum Gasteiger partial charge on any atom is 0.328 e. The van der Waals surface area contributed by atoms with Crippen molar-refractivity contribution in [1.29, 1.82) is 0 Å². The van der Waals surface area contributed by atoms with Gasteiger partial charge in [0.15, 0.2) is 6.04 Å². The zero-order valence-corrected chi connectivity index (χ0v) is 9.68. The minimum absolute atomic E-state index is 0.0566. The van der Waals surface area contributed by atoms with E-state index in [0.29, 0.717) is 0 Å². The third-order valence-corrected chi connectivity index (χ3v) is 2.44. The number of amides is 1. The summed E-state index contributed by atoms with van der Waals surface area (Å²) < 4.78 is 33.1. The first-order valence-electron chi connectivity index (χ1n) is 5.48. The molecule has 0 radical (unpaired) electrons. The van der Waals surface area contributed by atoms with E-state index in [1.807, 2.05) is 0 Å². The van der Waals surface area contributed by atoms with Crippen LogP contribution in [0.1, 0.15) is 6.42 Å². The number of halogens is 2. The van der Waals surface area contributed by atoms with E-state index in [1.165, 1.54) is 4.90 Å². The van der Waals surface area contributed by atoms with Gasteiger partial charge in [0.2, 0.25) is 5.91 Å². The average Bonchev–Trinajstić information content (AvgIpc) is 2.34. The molecule has 1 rings (SSSR count). The van der Waals surface area contributed by atoms with Gasteiger partial charge < -0.3 is 19.5 Å². The van der Waals surface area contributed by atoms with Gasteiger partial charge in [-0.3, -0.25) is 4.79 Å². The first-order chi connectivity index (χ1) is 8.52. The minimum Gasteiger partial charge on any atom is -0.480 e. The van der Waals surface area contributed by atoms with Gasteiger partial charge in [-0.2, -0.15) is 0 Å². The summed E-state index contributed by atoms with van der Waals surface area (Å²) in [5, 5.41) is 8.90. The summed E-state index contributed by atoms with van der Waals surface area (Å²) in [6.45, 7) is -0.470. The van der Waals surface area contributed by atoms with Gasteiger partial charge in [0, 0.05) is 6.54 Å². The minimum atomic E-state index is -2.57. The molecule has 0 aliphatic carbocycles. The highest BCUT2D eigenvalue weighted by Gasteiger charge is 2.32. The normalized spacial score (nSPS) is 20.2. The van der Waals surface area contributed by atoms with Crippen molar-refractivity contribution in [2.24, 2.45) is 0 Å². The number of carbonyl (C=O) groups excluding carboxylic acids is 1. The molecule has 104 valence electrons. The number of morpholine rings is 1. The number of hydrogen-bond donors (Lipinski definition) is 1. The van der Waals surface area contributed by atoms with E-state index in [1.54, 1.807) is 0 Å². The lowest BCUT2D eigenvalue weighted by atomic mass is 10.2. The Morgan fingerprint density at radius 1 is 1.50 bits per heavy atom. The molecule has 0 bridgehead atoms. The Morgan fingerprint density at radius 3 is 2.83 bits per heavy atom. The molecule has 0 aromatic rings. The lowest BCUT2D eigenvalue weighted by molar-refractivity contribution is -0.158. The molecule has 1 heterocycles. The quantitative estimate of drug-likeness (QED) is 0.684. The molecule has 0 spiro atoms. The van der Waals surface area contributed by atoms with Crippen molar-refractivity contribution in [1.82, 2.24) is 4.90 Å². The Kier molecular flexibility index (Phi) is 5.93. The standard InChI is InChI=1S/C10H15F2NO5/c11-8(12)6-17-3-1-9(14)13-2-4-18-5-7(13)10(15)16/h7-8H,1-6H2,(H,15,16). The van der Waals surface area contributed by atoms with E-state index in [4.69, 9.17) is 9.84 Å². The summed E-state index contributed by atoms with van der Waals surface area (Å²) in [5.74, 6) is -1.57. The van der Waals surface area contributed by atoms with Crippen LogP contribution in [-0.4, -0.2) is 67.3 Å². The van der Waals surface area contributed by atoms with Crippen LogP contribution in [0.4, 0.5) is 8.78 Å². The lowest BCUT2D eigenvalue weighted by Gasteiger charge is -2.32. The van der Waals surface area contributed by atoms with Gasteiger partial charge >= 0.3 is 5.97 Å². The molecule has 1 saturated heterocycles. The Bertz CT molecular complexity index is 300. The first kappa shape index (κ1) is 14.8. The summed E-state index contributed by atoms with van der Waals surface area (Å²) >= 11 is 0. The Labute approximate surface area is 102 Å². The fourth-order valence-electron chi connectivity index (χ4n) is 1.58. The summed E-state index contributed by atoms with van der Waals surface area (Å²) in [7, 11) is 0. The van der Waals surface area contributed by atoms with Gasteiger partial charge in [0.25, 0.3) is 6.43 Å². The predicted molar refractivity (Wildman–Crippen MR) is 55.4 cm³/mol. The zero-order chi connectivity index (χ0) is 13.5. The van der Waals surface area contributed by atoms with Gasteiger partial charge in [0.1, 0.15) is 6.61 Å². The van der Waals surface area contributed by atoms with Gasteiger partial charge in [-0.1, -0.05) is 0 Å². The van der Waals surface area contributed by atoms with Crippen LogP contribution in [0.2, 0.25) is 0 Å². The third-order valence-electron chi connectivity index (χ3n) is 2.44. The Morgan fingerprint density at radius 2 is 2.22 bits per heavy atom. The molecule has 1 aliphatic rings. The molecule has 1 amide bonds. The van der Waals surface area contributed by atoms with Crippen molar-refractivity contribution in [3.05, 3.63) is 0 Å². The van der Waals surface area contributed by atoms with Crippen molar-refractivity contribution < 1.29 is 33.0 Å². The number of rotatable bonds is 6. The highest BCUT2D eigenvalue weighted by Crippen LogP contribution is 2.09. The second kappa shape index (κ2) is 7.22. The molecule has 0 saturated carbocycles. The fraction of sp³-hybridized carbons (Fsp3) is 0.800. The second-order valence-electron chi connectivity index (χ2n) is 3.73. The van der Waals surface area contributed by atoms with E-state index in [-0.39, 0.29) is 32.8 Å². The largest absolute Gasteiger partial charge is 0.480 e. The third kappa shape index (κ3) is 4.53. The van der Waals surface area contributed by atoms with Gasteiger partial charge in [-0.05, 0) is 0 Å². The van der Waals surface area contributed by atoms with E-state index in [0.717, 1.165) is 0 Å². The number of alkyl halides is 2. The summed E-state index contributed by atoms with van der Waals surface area (Å²) in [6, 6.07) is -1.01. The number of hydrogen-bond acceptors (Lipinski definition) is 4. The number of carboxylic acids is 1. The molecular formula is C10H15F2NO5. The van der Waals surface area contributed by atoms with Crippen LogP contribution in [0, 0.1) is 0 Å². The summed E-state index contributed by atoms with van der Waals surface area (Å²) in [6.07, 6.45) is -2.69. The van der Waals surface area contributed by atoms with Gasteiger partial charge in [0.05, 0.1) is 26.2 Å². The van der Waals surface area contributed by atoms with E-state index >= 15 is 0 Å². The maximum absolute atomic E-state index is 11.8. The van der Waals surface area contributed by atoms with Crippen molar-refractivity contribution in [3.8, 4) is 0 Å². The Hall–Kier alpha value is -1.28. The van der Waals surface area contributed by atoms with Crippen molar-refractivity contribution in [3.63, 3.8) is 0 Å². The summed E-state index contributed by atoms with van der Waals surface area (Å²) in [5.41, 5.74) is 0. The molecule has 1 fully saturated rings. The molecule has 8 heteroatoms. The molecule has 1 N–H and O–H groups in total. The summed E-state index contributed by atoms with van der Waals surface area (Å²) in [4.78, 5) is 23.8. The number of nitrogens with zero attached hydrogens (tertiary/aromatic N) is 1.